The summed E-state index contributed by atoms with van der Waals surface area (Å²) in [7, 11) is -3.92. The fourth-order valence-corrected chi connectivity index (χ4v) is 3.70. The highest BCUT2D eigenvalue weighted by atomic mass is 35.5. The van der Waals surface area contributed by atoms with Gasteiger partial charge in [0.25, 0.3) is 0 Å². The number of amides is 1. The van der Waals surface area contributed by atoms with Crippen LogP contribution in [0.25, 0.3) is 0 Å². The van der Waals surface area contributed by atoms with E-state index in [-0.39, 0.29) is 16.5 Å². The molecule has 150 valence electrons. The number of hydrogen-bond donors (Lipinski definition) is 2. The molecule has 0 radical (unpaired) electrons. The summed E-state index contributed by atoms with van der Waals surface area (Å²) >= 11 is 5.62. The van der Waals surface area contributed by atoms with Crippen LogP contribution in [0.1, 0.15) is 11.1 Å². The van der Waals surface area contributed by atoms with E-state index in [4.69, 9.17) is 16.7 Å². The molecule has 0 saturated heterocycles. The largest absolute Gasteiger partial charge is 0.418 e. The molecule has 0 aliphatic carbocycles. The molecule has 11 heteroatoms. The number of halogens is 4. The van der Waals surface area contributed by atoms with Crippen molar-refractivity contribution in [2.24, 2.45) is 5.14 Å². The van der Waals surface area contributed by atoms with Gasteiger partial charge >= 0.3 is 6.18 Å². The summed E-state index contributed by atoms with van der Waals surface area (Å²) in [4.78, 5) is 13.8. The smallest absolute Gasteiger partial charge is 0.362 e. The minimum atomic E-state index is -4.68. The Morgan fingerprint density at radius 1 is 1.21 bits per heavy atom. The van der Waals surface area contributed by atoms with E-state index in [0.29, 0.717) is 18.7 Å². The van der Waals surface area contributed by atoms with Gasteiger partial charge in [0.2, 0.25) is 15.9 Å². The second kappa shape index (κ2) is 7.26. The monoisotopic (exact) mass is 433 g/mol. The lowest BCUT2D eigenvalue weighted by Gasteiger charge is -2.20. The van der Waals surface area contributed by atoms with Crippen LogP contribution in [-0.2, 0) is 27.4 Å². The summed E-state index contributed by atoms with van der Waals surface area (Å²) in [5, 5.41) is 7.27. The van der Waals surface area contributed by atoms with Crippen molar-refractivity contribution < 1.29 is 26.4 Å². The molecule has 28 heavy (non-hydrogen) atoms. The van der Waals surface area contributed by atoms with Gasteiger partial charge in [0.15, 0.2) is 0 Å². The summed E-state index contributed by atoms with van der Waals surface area (Å²) in [6.45, 7) is 0.171. The SMILES string of the molecule is NS(=O)(=O)c1ccc2c(c1)N(CC(=O)Nc1ccc(Cl)cc1C(F)(F)F)CC2. The van der Waals surface area contributed by atoms with E-state index >= 15 is 0 Å². The summed E-state index contributed by atoms with van der Waals surface area (Å²) in [5.41, 5.74) is -0.122. The first kappa shape index (κ1) is 20.4. The highest BCUT2D eigenvalue weighted by Crippen LogP contribution is 2.36. The highest BCUT2D eigenvalue weighted by Gasteiger charge is 2.34. The number of nitrogens with two attached hydrogens (primary N) is 1. The van der Waals surface area contributed by atoms with Gasteiger partial charge in [-0.15, -0.1) is 0 Å². The molecule has 0 spiro atoms. The molecule has 0 saturated carbocycles. The number of carbonyl (C=O) groups is 1. The number of primary sulfonamides is 1. The standard InChI is InChI=1S/C17H15ClF3N3O3S/c18-11-2-4-14(13(7-11)17(19,20)21)23-16(25)9-24-6-5-10-1-3-12(8-15(10)24)28(22,26)27/h1-4,7-8H,5-6,9H2,(H,23,25)(H2,22,26,27). The fourth-order valence-electron chi connectivity index (χ4n) is 2.99. The van der Waals surface area contributed by atoms with Gasteiger partial charge in [0.1, 0.15) is 0 Å². The van der Waals surface area contributed by atoms with Crippen LogP contribution in [0.3, 0.4) is 0 Å². The van der Waals surface area contributed by atoms with Gasteiger partial charge in [-0.2, -0.15) is 13.2 Å². The zero-order valence-corrected chi connectivity index (χ0v) is 15.8. The van der Waals surface area contributed by atoms with Crippen molar-refractivity contribution in [2.75, 3.05) is 23.3 Å². The Hall–Kier alpha value is -2.30. The molecule has 0 fully saturated rings. The third-order valence-electron chi connectivity index (χ3n) is 4.27. The van der Waals surface area contributed by atoms with Crippen molar-refractivity contribution in [3.05, 3.63) is 52.5 Å². The predicted octanol–water partition coefficient (Wildman–Crippen LogP) is 3.01. The van der Waals surface area contributed by atoms with Crippen molar-refractivity contribution in [1.29, 1.82) is 0 Å². The predicted molar refractivity (Wildman–Crippen MR) is 98.8 cm³/mol. The zero-order chi connectivity index (χ0) is 20.7. The summed E-state index contributed by atoms with van der Waals surface area (Å²) in [6, 6.07) is 7.40. The lowest BCUT2D eigenvalue weighted by molar-refractivity contribution is -0.137. The third-order valence-corrected chi connectivity index (χ3v) is 5.42. The lowest BCUT2D eigenvalue weighted by Crippen LogP contribution is -2.32. The first-order chi connectivity index (χ1) is 12.9. The molecule has 0 unspecified atom stereocenters. The second-order valence-electron chi connectivity index (χ2n) is 6.24. The maximum atomic E-state index is 13.1. The van der Waals surface area contributed by atoms with Gasteiger partial charge in [0, 0.05) is 17.3 Å². The van der Waals surface area contributed by atoms with Gasteiger partial charge in [-0.25, -0.2) is 13.6 Å². The molecule has 0 atom stereocenters. The van der Waals surface area contributed by atoms with Crippen LogP contribution in [0.4, 0.5) is 24.5 Å². The van der Waals surface area contributed by atoms with Gasteiger partial charge in [-0.3, -0.25) is 4.79 Å². The van der Waals surface area contributed by atoms with Gasteiger partial charge in [0.05, 0.1) is 22.7 Å². The Balaban J connectivity index is 1.80. The maximum absolute atomic E-state index is 13.1. The average Bonchev–Trinajstić information content (AvgIpc) is 2.97. The third kappa shape index (κ3) is 4.40. The minimum absolute atomic E-state index is 0.101. The van der Waals surface area contributed by atoms with E-state index in [9.17, 15) is 26.4 Å². The lowest BCUT2D eigenvalue weighted by atomic mass is 10.1. The Morgan fingerprint density at radius 3 is 2.57 bits per heavy atom. The van der Waals surface area contributed by atoms with Crippen molar-refractivity contribution in [3.8, 4) is 0 Å². The summed E-state index contributed by atoms with van der Waals surface area (Å²) in [5.74, 6) is -0.679. The number of fused-ring (bicyclic) bond motifs is 1. The molecule has 6 nitrogen and oxygen atoms in total. The molecule has 3 N–H and O–H groups in total. The van der Waals surface area contributed by atoms with Crippen molar-refractivity contribution in [1.82, 2.24) is 0 Å². The number of nitrogens with zero attached hydrogens (tertiary/aromatic N) is 1. The molecular weight excluding hydrogens is 419 g/mol. The van der Waals surface area contributed by atoms with Crippen LogP contribution in [0.5, 0.6) is 0 Å². The maximum Gasteiger partial charge on any atom is 0.418 e. The van der Waals surface area contributed by atoms with E-state index in [2.05, 4.69) is 5.32 Å². The number of alkyl halides is 3. The number of sulfonamides is 1. The Bertz CT molecular complexity index is 1040. The molecule has 1 heterocycles. The van der Waals surface area contributed by atoms with Gasteiger partial charge in [-0.05, 0) is 42.3 Å². The first-order valence-corrected chi connectivity index (χ1v) is 9.95. The highest BCUT2D eigenvalue weighted by molar-refractivity contribution is 7.89. The molecule has 0 bridgehead atoms. The quantitative estimate of drug-likeness (QED) is 0.775. The summed E-state index contributed by atoms with van der Waals surface area (Å²) in [6.07, 6.45) is -4.11. The van der Waals surface area contributed by atoms with Gasteiger partial charge < -0.3 is 10.2 Å². The molecular formula is C17H15ClF3N3O3S. The van der Waals surface area contributed by atoms with E-state index in [1.165, 1.54) is 18.2 Å². The molecule has 1 amide bonds. The number of benzene rings is 2. The van der Waals surface area contributed by atoms with Crippen LogP contribution in [0, 0.1) is 0 Å². The fraction of sp³-hybridized carbons (Fsp3) is 0.235. The van der Waals surface area contributed by atoms with Gasteiger partial charge in [-0.1, -0.05) is 17.7 Å². The van der Waals surface area contributed by atoms with Crippen molar-refractivity contribution in [3.63, 3.8) is 0 Å². The molecule has 0 aromatic heterocycles. The number of nitrogens with one attached hydrogen (secondary N) is 1. The zero-order valence-electron chi connectivity index (χ0n) is 14.3. The normalized spacial score (nSPS) is 14.1. The number of hydrogen-bond acceptors (Lipinski definition) is 4. The average molecular weight is 434 g/mol. The van der Waals surface area contributed by atoms with Crippen LogP contribution >= 0.6 is 11.6 Å². The van der Waals surface area contributed by atoms with Crippen LogP contribution in [0.2, 0.25) is 5.02 Å². The number of carbonyl (C=O) groups excluding carboxylic acids is 1. The Labute approximate surface area is 164 Å². The van der Waals surface area contributed by atoms with Crippen LogP contribution < -0.4 is 15.4 Å². The van der Waals surface area contributed by atoms with E-state index in [0.717, 1.165) is 17.7 Å². The number of anilines is 2. The molecule has 2 aromatic carbocycles. The first-order valence-electron chi connectivity index (χ1n) is 8.02. The van der Waals surface area contributed by atoms with Crippen LogP contribution in [0.15, 0.2) is 41.3 Å². The van der Waals surface area contributed by atoms with E-state index in [1.807, 2.05) is 0 Å². The van der Waals surface area contributed by atoms with Crippen molar-refractivity contribution in [2.45, 2.75) is 17.5 Å². The Morgan fingerprint density at radius 2 is 1.93 bits per heavy atom. The summed E-state index contributed by atoms with van der Waals surface area (Å²) < 4.78 is 62.5. The molecule has 1 aliphatic rings. The van der Waals surface area contributed by atoms with Crippen molar-refractivity contribution >= 4 is 38.9 Å². The molecule has 2 aromatic rings. The molecule has 3 rings (SSSR count). The van der Waals surface area contributed by atoms with E-state index < -0.39 is 33.4 Å². The Kier molecular flexibility index (Phi) is 5.30. The minimum Gasteiger partial charge on any atom is -0.362 e. The topological polar surface area (TPSA) is 92.5 Å². The van der Waals surface area contributed by atoms with Crippen LogP contribution in [-0.4, -0.2) is 27.4 Å². The van der Waals surface area contributed by atoms with E-state index in [1.54, 1.807) is 11.0 Å². The molecule has 1 aliphatic heterocycles. The second-order valence-corrected chi connectivity index (χ2v) is 8.24. The number of rotatable bonds is 4.